The number of hydrogen-bond donors (Lipinski definition) is 1. The highest BCUT2D eigenvalue weighted by molar-refractivity contribution is 6.30. The first-order valence-corrected chi connectivity index (χ1v) is 8.14. The van der Waals surface area contributed by atoms with Crippen molar-refractivity contribution < 1.29 is 4.74 Å². The number of benzene rings is 1. The van der Waals surface area contributed by atoms with Crippen molar-refractivity contribution in [2.24, 2.45) is 0 Å². The zero-order valence-electron chi connectivity index (χ0n) is 12.8. The lowest BCUT2D eigenvalue weighted by atomic mass is 9.94. The van der Waals surface area contributed by atoms with Gasteiger partial charge >= 0.3 is 0 Å². The number of H-pyrrole nitrogens is 1. The Balaban J connectivity index is 1.71. The predicted octanol–water partition coefficient (Wildman–Crippen LogP) is 3.35. The van der Waals surface area contributed by atoms with Crippen molar-refractivity contribution >= 4 is 11.6 Å². The van der Waals surface area contributed by atoms with Gasteiger partial charge < -0.3 is 4.74 Å². The first-order chi connectivity index (χ1) is 11.3. The maximum absolute atomic E-state index is 8.71. The van der Waals surface area contributed by atoms with Gasteiger partial charge in [-0.2, -0.15) is 10.4 Å². The van der Waals surface area contributed by atoms with Crippen molar-refractivity contribution in [3.8, 4) is 11.8 Å². The van der Waals surface area contributed by atoms with Gasteiger partial charge in [-0.1, -0.05) is 11.6 Å². The maximum atomic E-state index is 8.71. The molecule has 0 saturated carbocycles. The first-order valence-electron chi connectivity index (χ1n) is 7.76. The van der Waals surface area contributed by atoms with Gasteiger partial charge in [0.15, 0.2) is 6.61 Å². The van der Waals surface area contributed by atoms with Crippen molar-refractivity contribution in [3.63, 3.8) is 0 Å². The number of halogens is 1. The third kappa shape index (κ3) is 4.04. The average Bonchev–Trinajstić information content (AvgIpc) is 3.09. The molecule has 2 heterocycles. The molecule has 3 rings (SSSR count). The number of piperidine rings is 1. The average molecular weight is 331 g/mol. The van der Waals surface area contributed by atoms with E-state index in [9.17, 15) is 0 Å². The molecule has 1 fully saturated rings. The molecule has 120 valence electrons. The lowest BCUT2D eigenvalue weighted by Gasteiger charge is -2.32. The van der Waals surface area contributed by atoms with Crippen LogP contribution >= 0.6 is 11.6 Å². The minimum Gasteiger partial charge on any atom is -0.478 e. The van der Waals surface area contributed by atoms with E-state index < -0.39 is 0 Å². The van der Waals surface area contributed by atoms with Gasteiger partial charge in [0, 0.05) is 41.5 Å². The molecule has 5 nitrogen and oxygen atoms in total. The van der Waals surface area contributed by atoms with Gasteiger partial charge in [-0.15, -0.1) is 0 Å². The fraction of sp³-hybridized carbons (Fsp3) is 0.412. The van der Waals surface area contributed by atoms with Crippen molar-refractivity contribution in [1.29, 1.82) is 5.26 Å². The Kier molecular flexibility index (Phi) is 5.16. The summed E-state index contributed by atoms with van der Waals surface area (Å²) < 4.78 is 5.52. The molecular weight excluding hydrogens is 312 g/mol. The van der Waals surface area contributed by atoms with Crippen LogP contribution in [-0.4, -0.2) is 34.8 Å². The second kappa shape index (κ2) is 7.49. The van der Waals surface area contributed by atoms with E-state index in [1.807, 2.05) is 18.2 Å². The highest BCUT2D eigenvalue weighted by Gasteiger charge is 2.23. The second-order valence-corrected chi connectivity index (χ2v) is 6.22. The quantitative estimate of drug-likeness (QED) is 0.913. The van der Waals surface area contributed by atoms with Crippen molar-refractivity contribution in [2.45, 2.75) is 25.3 Å². The molecule has 0 amide bonds. The standard InChI is InChI=1S/C17H19ClN4O/c18-15-3-4-17(23-9-6-19)14(10-15)12-22-8-1-2-13(11-22)16-5-7-20-21-16/h3-5,7,10,13H,1-2,8-9,11-12H2,(H,20,21)/t13-/m1/s1. The van der Waals surface area contributed by atoms with Crippen LogP contribution in [0.25, 0.3) is 0 Å². The zero-order valence-corrected chi connectivity index (χ0v) is 13.6. The summed E-state index contributed by atoms with van der Waals surface area (Å²) in [5.41, 5.74) is 2.22. The predicted molar refractivity (Wildman–Crippen MR) is 88.4 cm³/mol. The van der Waals surface area contributed by atoms with Gasteiger partial charge in [-0.3, -0.25) is 10.00 Å². The molecule has 1 N–H and O–H groups in total. The van der Waals surface area contributed by atoms with Crippen LogP contribution in [0.4, 0.5) is 0 Å². The van der Waals surface area contributed by atoms with Crippen LogP contribution in [0, 0.1) is 11.3 Å². The summed E-state index contributed by atoms with van der Waals surface area (Å²) in [5, 5.41) is 16.5. The van der Waals surface area contributed by atoms with Crippen LogP contribution in [0.5, 0.6) is 5.75 Å². The van der Waals surface area contributed by atoms with Gasteiger partial charge in [-0.05, 0) is 43.7 Å². The Bertz CT molecular complexity index is 680. The molecule has 1 aliphatic rings. The Morgan fingerprint density at radius 3 is 3.13 bits per heavy atom. The SMILES string of the molecule is N#CCOc1ccc(Cl)cc1CN1CCC[C@@H](c2ccn[nH]2)C1. The van der Waals surface area contributed by atoms with E-state index in [0.29, 0.717) is 10.9 Å². The van der Waals surface area contributed by atoms with E-state index in [4.69, 9.17) is 21.6 Å². The molecule has 1 aliphatic heterocycles. The Hall–Kier alpha value is -2.03. The van der Waals surface area contributed by atoms with Crippen molar-refractivity contribution in [3.05, 3.63) is 46.7 Å². The van der Waals surface area contributed by atoms with Gasteiger partial charge in [-0.25, -0.2) is 0 Å². The number of hydrogen-bond acceptors (Lipinski definition) is 4. The molecular formula is C17H19ClN4O. The number of nitrogens with zero attached hydrogens (tertiary/aromatic N) is 3. The lowest BCUT2D eigenvalue weighted by molar-refractivity contribution is 0.196. The van der Waals surface area contributed by atoms with Gasteiger partial charge in [0.1, 0.15) is 11.8 Å². The molecule has 0 aliphatic carbocycles. The van der Waals surface area contributed by atoms with E-state index in [-0.39, 0.29) is 6.61 Å². The minimum absolute atomic E-state index is 0.0470. The zero-order chi connectivity index (χ0) is 16.1. The third-order valence-corrected chi connectivity index (χ3v) is 4.41. The van der Waals surface area contributed by atoms with Crippen LogP contribution < -0.4 is 4.74 Å². The van der Waals surface area contributed by atoms with Crippen LogP contribution in [-0.2, 0) is 6.54 Å². The number of aromatic amines is 1. The van der Waals surface area contributed by atoms with Gasteiger partial charge in [0.05, 0.1) is 0 Å². The van der Waals surface area contributed by atoms with Gasteiger partial charge in [0.25, 0.3) is 0 Å². The third-order valence-electron chi connectivity index (χ3n) is 4.18. The highest BCUT2D eigenvalue weighted by atomic mass is 35.5. The van der Waals surface area contributed by atoms with E-state index in [0.717, 1.165) is 37.4 Å². The molecule has 0 radical (unpaired) electrons. The highest BCUT2D eigenvalue weighted by Crippen LogP contribution is 2.29. The Morgan fingerprint density at radius 1 is 1.43 bits per heavy atom. The van der Waals surface area contributed by atoms with E-state index >= 15 is 0 Å². The molecule has 0 spiro atoms. The Labute approximate surface area is 140 Å². The summed E-state index contributed by atoms with van der Waals surface area (Å²) in [7, 11) is 0. The van der Waals surface area contributed by atoms with Crippen LogP contribution in [0.3, 0.4) is 0 Å². The minimum atomic E-state index is 0.0470. The van der Waals surface area contributed by atoms with E-state index in [1.165, 1.54) is 12.1 Å². The fourth-order valence-electron chi connectivity index (χ4n) is 3.11. The normalized spacial score (nSPS) is 18.5. The second-order valence-electron chi connectivity index (χ2n) is 5.79. The number of likely N-dealkylation sites (tertiary alicyclic amines) is 1. The Morgan fingerprint density at radius 2 is 2.35 bits per heavy atom. The van der Waals surface area contributed by atoms with Crippen LogP contribution in [0.2, 0.25) is 5.02 Å². The van der Waals surface area contributed by atoms with Gasteiger partial charge in [0.2, 0.25) is 0 Å². The van der Waals surface area contributed by atoms with Crippen molar-refractivity contribution in [2.75, 3.05) is 19.7 Å². The number of nitrogens with one attached hydrogen (secondary N) is 1. The smallest absolute Gasteiger partial charge is 0.174 e. The summed E-state index contributed by atoms with van der Waals surface area (Å²) in [6.07, 6.45) is 4.13. The summed E-state index contributed by atoms with van der Waals surface area (Å²) in [6, 6.07) is 9.61. The molecule has 0 unspecified atom stereocenters. The first kappa shape index (κ1) is 15.9. The van der Waals surface area contributed by atoms with E-state index in [2.05, 4.69) is 21.2 Å². The molecule has 1 saturated heterocycles. The number of nitriles is 1. The number of rotatable bonds is 5. The maximum Gasteiger partial charge on any atom is 0.174 e. The van der Waals surface area contributed by atoms with Crippen molar-refractivity contribution in [1.82, 2.24) is 15.1 Å². The number of ether oxygens (including phenoxy) is 1. The molecule has 1 atom stereocenters. The van der Waals surface area contributed by atoms with E-state index in [1.54, 1.807) is 12.3 Å². The molecule has 1 aromatic heterocycles. The molecule has 0 bridgehead atoms. The summed E-state index contributed by atoms with van der Waals surface area (Å²) in [6.45, 7) is 2.85. The fourth-order valence-corrected chi connectivity index (χ4v) is 3.31. The number of aromatic nitrogens is 2. The topological polar surface area (TPSA) is 64.9 Å². The van der Waals surface area contributed by atoms with Crippen LogP contribution in [0.1, 0.15) is 30.0 Å². The molecule has 6 heteroatoms. The lowest BCUT2D eigenvalue weighted by Crippen LogP contribution is -2.34. The summed E-state index contributed by atoms with van der Waals surface area (Å²) >= 11 is 6.13. The molecule has 2 aromatic rings. The monoisotopic (exact) mass is 330 g/mol. The molecule has 1 aromatic carbocycles. The van der Waals surface area contributed by atoms with Crippen LogP contribution in [0.15, 0.2) is 30.5 Å². The summed E-state index contributed by atoms with van der Waals surface area (Å²) in [5.74, 6) is 1.22. The summed E-state index contributed by atoms with van der Waals surface area (Å²) in [4.78, 5) is 2.40. The largest absolute Gasteiger partial charge is 0.478 e. The molecule has 23 heavy (non-hydrogen) atoms.